The summed E-state index contributed by atoms with van der Waals surface area (Å²) in [5.41, 5.74) is 1.65. The second-order valence-electron chi connectivity index (χ2n) is 5.06. The molecule has 2 rings (SSSR count). The Bertz CT molecular complexity index is 588. The highest BCUT2D eigenvalue weighted by molar-refractivity contribution is 5.88. The van der Waals surface area contributed by atoms with Crippen molar-refractivity contribution in [2.45, 2.75) is 39.2 Å². The van der Waals surface area contributed by atoms with Gasteiger partial charge in [0, 0.05) is 23.1 Å². The van der Waals surface area contributed by atoms with E-state index in [0.717, 1.165) is 35.1 Å². The minimum atomic E-state index is 0.0319. The molecule has 1 N–H and O–H groups in total. The van der Waals surface area contributed by atoms with Gasteiger partial charge >= 0.3 is 0 Å². The number of amides is 1. The summed E-state index contributed by atoms with van der Waals surface area (Å²) in [4.78, 5) is 12.0. The third-order valence-corrected chi connectivity index (χ3v) is 3.34. The highest BCUT2D eigenvalue weighted by atomic mass is 16.5. The molecule has 0 aliphatic rings. The van der Waals surface area contributed by atoms with E-state index in [9.17, 15) is 4.79 Å². The molecule has 0 aliphatic heterocycles. The summed E-state index contributed by atoms with van der Waals surface area (Å²) in [5, 5.41) is 3.96. The predicted octanol–water partition coefficient (Wildman–Crippen LogP) is 3.29. The largest absolute Gasteiger partial charge is 0.497 e. The standard InChI is InChI=1S/C16H21NO3/c1-4-5-11(2)17-16(18)8-12-10-20-15-9-13(19-3)6-7-14(12)15/h6-7,9-11H,4-5,8H2,1-3H3,(H,17,18)/t11-/m1/s1. The van der Waals surface area contributed by atoms with Gasteiger partial charge in [-0.05, 0) is 25.5 Å². The van der Waals surface area contributed by atoms with Crippen molar-refractivity contribution >= 4 is 16.9 Å². The number of ether oxygens (including phenoxy) is 1. The lowest BCUT2D eigenvalue weighted by molar-refractivity contribution is -0.121. The van der Waals surface area contributed by atoms with Crippen LogP contribution < -0.4 is 10.1 Å². The van der Waals surface area contributed by atoms with Crippen molar-refractivity contribution in [1.82, 2.24) is 5.32 Å². The number of furan rings is 1. The van der Waals surface area contributed by atoms with Crippen LogP contribution in [0.4, 0.5) is 0 Å². The third-order valence-electron chi connectivity index (χ3n) is 3.34. The molecule has 0 saturated carbocycles. The van der Waals surface area contributed by atoms with E-state index >= 15 is 0 Å². The molecule has 1 aromatic carbocycles. The number of rotatable bonds is 6. The van der Waals surface area contributed by atoms with Gasteiger partial charge < -0.3 is 14.5 Å². The number of fused-ring (bicyclic) bond motifs is 1. The van der Waals surface area contributed by atoms with Gasteiger partial charge in [-0.1, -0.05) is 13.3 Å². The molecule has 4 nitrogen and oxygen atoms in total. The normalized spacial score (nSPS) is 12.3. The molecule has 2 aromatic rings. The van der Waals surface area contributed by atoms with E-state index in [1.807, 2.05) is 25.1 Å². The molecule has 1 amide bonds. The Kier molecular flexibility index (Phi) is 4.66. The zero-order chi connectivity index (χ0) is 14.5. The van der Waals surface area contributed by atoms with E-state index in [1.54, 1.807) is 13.4 Å². The molecule has 4 heteroatoms. The van der Waals surface area contributed by atoms with Gasteiger partial charge in [0.2, 0.25) is 5.91 Å². The van der Waals surface area contributed by atoms with Crippen LogP contribution in [0.2, 0.25) is 0 Å². The number of hydrogen-bond acceptors (Lipinski definition) is 3. The van der Waals surface area contributed by atoms with E-state index < -0.39 is 0 Å². The third kappa shape index (κ3) is 3.32. The number of benzene rings is 1. The highest BCUT2D eigenvalue weighted by Crippen LogP contribution is 2.25. The average molecular weight is 275 g/mol. The zero-order valence-electron chi connectivity index (χ0n) is 12.2. The first-order chi connectivity index (χ1) is 9.63. The van der Waals surface area contributed by atoms with Crippen molar-refractivity contribution in [3.63, 3.8) is 0 Å². The molecule has 20 heavy (non-hydrogen) atoms. The first kappa shape index (κ1) is 14.4. The SMILES string of the molecule is CCC[C@@H](C)NC(=O)Cc1coc2cc(OC)ccc12. The Labute approximate surface area is 119 Å². The van der Waals surface area contributed by atoms with Crippen LogP contribution in [-0.2, 0) is 11.2 Å². The Hall–Kier alpha value is -1.97. The summed E-state index contributed by atoms with van der Waals surface area (Å²) < 4.78 is 10.6. The maximum atomic E-state index is 12.0. The number of nitrogens with one attached hydrogen (secondary N) is 1. The van der Waals surface area contributed by atoms with Gasteiger partial charge in [0.1, 0.15) is 11.3 Å². The van der Waals surface area contributed by atoms with E-state index in [1.165, 1.54) is 0 Å². The number of methoxy groups -OCH3 is 1. The molecule has 0 unspecified atom stereocenters. The fourth-order valence-electron chi connectivity index (χ4n) is 2.33. The summed E-state index contributed by atoms with van der Waals surface area (Å²) in [6.45, 7) is 4.14. The van der Waals surface area contributed by atoms with Gasteiger partial charge in [-0.15, -0.1) is 0 Å². The Morgan fingerprint density at radius 3 is 2.95 bits per heavy atom. The van der Waals surface area contributed by atoms with E-state index in [0.29, 0.717) is 6.42 Å². The summed E-state index contributed by atoms with van der Waals surface area (Å²) >= 11 is 0. The van der Waals surface area contributed by atoms with Crippen molar-refractivity contribution in [2.75, 3.05) is 7.11 Å². The zero-order valence-corrected chi connectivity index (χ0v) is 12.2. The number of hydrogen-bond donors (Lipinski definition) is 1. The van der Waals surface area contributed by atoms with Crippen LogP contribution in [0, 0.1) is 0 Å². The lowest BCUT2D eigenvalue weighted by Crippen LogP contribution is -2.33. The number of carbonyl (C=O) groups excluding carboxylic acids is 1. The summed E-state index contributed by atoms with van der Waals surface area (Å²) in [7, 11) is 1.62. The van der Waals surface area contributed by atoms with Crippen LogP contribution in [0.5, 0.6) is 5.75 Å². The van der Waals surface area contributed by atoms with E-state index in [-0.39, 0.29) is 11.9 Å². The van der Waals surface area contributed by atoms with Crippen LogP contribution in [0.15, 0.2) is 28.9 Å². The molecule has 1 atom stereocenters. The fraction of sp³-hybridized carbons (Fsp3) is 0.438. The van der Waals surface area contributed by atoms with Gasteiger partial charge in [-0.3, -0.25) is 4.79 Å². The first-order valence-corrected chi connectivity index (χ1v) is 6.97. The summed E-state index contributed by atoms with van der Waals surface area (Å²) in [6.07, 6.45) is 4.05. The molecule has 0 saturated heterocycles. The summed E-state index contributed by atoms with van der Waals surface area (Å²) in [5.74, 6) is 0.781. The first-order valence-electron chi connectivity index (χ1n) is 6.97. The second-order valence-corrected chi connectivity index (χ2v) is 5.06. The van der Waals surface area contributed by atoms with Crippen molar-refractivity contribution in [3.8, 4) is 5.75 Å². The predicted molar refractivity (Wildman–Crippen MR) is 79.0 cm³/mol. The van der Waals surface area contributed by atoms with Gasteiger partial charge in [-0.2, -0.15) is 0 Å². The average Bonchev–Trinajstić information content (AvgIpc) is 2.81. The van der Waals surface area contributed by atoms with Crippen molar-refractivity contribution in [1.29, 1.82) is 0 Å². The molecule has 1 aromatic heterocycles. The van der Waals surface area contributed by atoms with Crippen LogP contribution in [0.3, 0.4) is 0 Å². The van der Waals surface area contributed by atoms with Gasteiger partial charge in [0.15, 0.2) is 0 Å². The van der Waals surface area contributed by atoms with Crippen molar-refractivity contribution in [2.24, 2.45) is 0 Å². The minimum Gasteiger partial charge on any atom is -0.497 e. The fourth-order valence-corrected chi connectivity index (χ4v) is 2.33. The Morgan fingerprint density at radius 2 is 2.25 bits per heavy atom. The van der Waals surface area contributed by atoms with Crippen LogP contribution >= 0.6 is 0 Å². The van der Waals surface area contributed by atoms with Crippen molar-refractivity contribution < 1.29 is 13.9 Å². The molecule has 108 valence electrons. The lowest BCUT2D eigenvalue weighted by atomic mass is 10.1. The van der Waals surface area contributed by atoms with Gasteiger partial charge in [0.05, 0.1) is 19.8 Å². The molecule has 0 fully saturated rings. The van der Waals surface area contributed by atoms with Gasteiger partial charge in [0.25, 0.3) is 0 Å². The molecule has 1 heterocycles. The second kappa shape index (κ2) is 6.46. The lowest BCUT2D eigenvalue weighted by Gasteiger charge is -2.12. The highest BCUT2D eigenvalue weighted by Gasteiger charge is 2.12. The smallest absolute Gasteiger partial charge is 0.224 e. The molecule has 0 spiro atoms. The quantitative estimate of drug-likeness (QED) is 0.880. The monoisotopic (exact) mass is 275 g/mol. The Morgan fingerprint density at radius 1 is 1.45 bits per heavy atom. The van der Waals surface area contributed by atoms with Gasteiger partial charge in [-0.25, -0.2) is 0 Å². The maximum absolute atomic E-state index is 12.0. The van der Waals surface area contributed by atoms with Crippen LogP contribution in [0.25, 0.3) is 11.0 Å². The molecule has 0 aliphatic carbocycles. The topological polar surface area (TPSA) is 51.5 Å². The molecular weight excluding hydrogens is 254 g/mol. The molecule has 0 radical (unpaired) electrons. The number of carbonyl (C=O) groups is 1. The van der Waals surface area contributed by atoms with Crippen molar-refractivity contribution in [3.05, 3.63) is 30.0 Å². The summed E-state index contributed by atoms with van der Waals surface area (Å²) in [6, 6.07) is 5.84. The Balaban J connectivity index is 2.08. The van der Waals surface area contributed by atoms with Crippen LogP contribution in [-0.4, -0.2) is 19.1 Å². The molecule has 0 bridgehead atoms. The maximum Gasteiger partial charge on any atom is 0.224 e. The van der Waals surface area contributed by atoms with Crippen LogP contribution in [0.1, 0.15) is 32.3 Å². The van der Waals surface area contributed by atoms with E-state index in [4.69, 9.17) is 9.15 Å². The minimum absolute atomic E-state index is 0.0319. The molecular formula is C16H21NO3. The van der Waals surface area contributed by atoms with E-state index in [2.05, 4.69) is 12.2 Å².